The molecule has 0 saturated heterocycles. The number of nitrogens with one attached hydrogen (secondary N) is 1. The number of rotatable bonds is 5. The fourth-order valence-corrected chi connectivity index (χ4v) is 1.92. The monoisotopic (exact) mass is 244 g/mol. The highest BCUT2D eigenvalue weighted by atomic mass is 19.1. The maximum Gasteiger partial charge on any atom is 0.146 e. The van der Waals surface area contributed by atoms with Crippen molar-refractivity contribution >= 4 is 0 Å². The van der Waals surface area contributed by atoms with Gasteiger partial charge in [-0.15, -0.1) is 0 Å². The summed E-state index contributed by atoms with van der Waals surface area (Å²) in [7, 11) is 0. The summed E-state index contributed by atoms with van der Waals surface area (Å²) in [5.41, 5.74) is 1.49. The smallest absolute Gasteiger partial charge is 0.146 e. The fraction of sp³-hybridized carbons (Fsp3) is 0.267. The maximum absolute atomic E-state index is 13.9. The number of hydrogen-bond acceptors (Lipinski definition) is 2. The molecule has 0 aliphatic heterocycles. The van der Waals surface area contributed by atoms with Gasteiger partial charge in [0.05, 0.1) is 11.7 Å². The van der Waals surface area contributed by atoms with Crippen LogP contribution in [0, 0.1) is 5.82 Å². The highest BCUT2D eigenvalue weighted by Gasteiger charge is 2.17. The summed E-state index contributed by atoms with van der Waals surface area (Å²) < 4.78 is 13.9. The van der Waals surface area contributed by atoms with Gasteiger partial charge >= 0.3 is 0 Å². The van der Waals surface area contributed by atoms with Crippen LogP contribution in [0.15, 0.2) is 48.7 Å². The second-order valence-electron chi connectivity index (χ2n) is 4.17. The van der Waals surface area contributed by atoms with Gasteiger partial charge in [-0.1, -0.05) is 37.3 Å². The minimum absolute atomic E-state index is 0.188. The third kappa shape index (κ3) is 2.93. The molecule has 0 amide bonds. The van der Waals surface area contributed by atoms with Crippen molar-refractivity contribution in [3.05, 3.63) is 65.7 Å². The van der Waals surface area contributed by atoms with Gasteiger partial charge in [-0.3, -0.25) is 4.98 Å². The van der Waals surface area contributed by atoms with Crippen LogP contribution in [-0.4, -0.2) is 11.5 Å². The van der Waals surface area contributed by atoms with Crippen molar-refractivity contribution in [2.75, 3.05) is 6.54 Å². The van der Waals surface area contributed by atoms with Crippen LogP contribution in [0.2, 0.25) is 0 Å². The third-order valence-corrected chi connectivity index (χ3v) is 2.79. The van der Waals surface area contributed by atoms with Crippen LogP contribution in [0.4, 0.5) is 4.39 Å². The molecule has 0 spiro atoms. The molecule has 0 radical (unpaired) electrons. The van der Waals surface area contributed by atoms with Crippen LogP contribution in [0.5, 0.6) is 0 Å². The summed E-state index contributed by atoms with van der Waals surface area (Å²) in [4.78, 5) is 4.17. The Hall–Kier alpha value is -1.74. The lowest BCUT2D eigenvalue weighted by Crippen LogP contribution is -2.25. The standard InChI is InChI=1S/C15H17FN2/c1-2-10-17-14(12-7-4-3-5-8-12)15-13(16)9-6-11-18-15/h3-9,11,14,17H,2,10H2,1H3. The molecular formula is C15H17FN2. The largest absolute Gasteiger partial charge is 0.305 e. The minimum Gasteiger partial charge on any atom is -0.305 e. The van der Waals surface area contributed by atoms with Crippen molar-refractivity contribution in [3.8, 4) is 0 Å². The quantitative estimate of drug-likeness (QED) is 0.872. The molecule has 2 aromatic rings. The van der Waals surface area contributed by atoms with Gasteiger partial charge in [-0.25, -0.2) is 4.39 Å². The number of aromatic nitrogens is 1. The van der Waals surface area contributed by atoms with Gasteiger partial charge in [-0.2, -0.15) is 0 Å². The average molecular weight is 244 g/mol. The first kappa shape index (κ1) is 12.7. The number of halogens is 1. The molecule has 0 bridgehead atoms. The average Bonchev–Trinajstić information content (AvgIpc) is 2.42. The first-order valence-corrected chi connectivity index (χ1v) is 6.21. The van der Waals surface area contributed by atoms with Gasteiger partial charge < -0.3 is 5.32 Å². The number of hydrogen-bond donors (Lipinski definition) is 1. The van der Waals surface area contributed by atoms with Crippen molar-refractivity contribution in [3.63, 3.8) is 0 Å². The second kappa shape index (κ2) is 6.26. The Morgan fingerprint density at radius 1 is 1.17 bits per heavy atom. The maximum atomic E-state index is 13.9. The van der Waals surface area contributed by atoms with E-state index < -0.39 is 0 Å². The summed E-state index contributed by atoms with van der Waals surface area (Å²) in [5.74, 6) is -0.269. The predicted molar refractivity (Wildman–Crippen MR) is 70.8 cm³/mol. The summed E-state index contributed by atoms with van der Waals surface area (Å²) in [6.07, 6.45) is 2.62. The molecule has 94 valence electrons. The lowest BCUT2D eigenvalue weighted by atomic mass is 10.0. The molecule has 1 atom stereocenters. The Morgan fingerprint density at radius 3 is 2.61 bits per heavy atom. The van der Waals surface area contributed by atoms with Crippen molar-refractivity contribution < 1.29 is 4.39 Å². The van der Waals surface area contributed by atoms with E-state index in [0.717, 1.165) is 18.5 Å². The summed E-state index contributed by atoms with van der Waals surface area (Å²) in [6.45, 7) is 2.92. The van der Waals surface area contributed by atoms with Crippen molar-refractivity contribution in [2.45, 2.75) is 19.4 Å². The lowest BCUT2D eigenvalue weighted by Gasteiger charge is -2.18. The minimum atomic E-state index is -0.269. The highest BCUT2D eigenvalue weighted by Crippen LogP contribution is 2.22. The van der Waals surface area contributed by atoms with Crippen molar-refractivity contribution in [1.29, 1.82) is 0 Å². The zero-order chi connectivity index (χ0) is 12.8. The van der Waals surface area contributed by atoms with Crippen LogP contribution < -0.4 is 5.32 Å². The molecule has 18 heavy (non-hydrogen) atoms. The molecule has 1 heterocycles. The zero-order valence-electron chi connectivity index (χ0n) is 10.4. The van der Waals surface area contributed by atoms with Crippen LogP contribution in [0.3, 0.4) is 0 Å². The first-order valence-electron chi connectivity index (χ1n) is 6.21. The molecule has 1 aromatic carbocycles. The van der Waals surface area contributed by atoms with Gasteiger partial charge in [0.1, 0.15) is 5.82 Å². The Balaban J connectivity index is 2.34. The summed E-state index contributed by atoms with van der Waals surface area (Å²) in [6, 6.07) is 12.7. The lowest BCUT2D eigenvalue weighted by molar-refractivity contribution is 0.531. The van der Waals surface area contributed by atoms with E-state index in [1.165, 1.54) is 6.07 Å². The number of nitrogens with zero attached hydrogens (tertiary/aromatic N) is 1. The van der Waals surface area contributed by atoms with E-state index in [2.05, 4.69) is 17.2 Å². The van der Waals surface area contributed by atoms with Crippen LogP contribution >= 0.6 is 0 Å². The van der Waals surface area contributed by atoms with Gasteiger partial charge in [-0.05, 0) is 30.7 Å². The Bertz CT molecular complexity index is 485. The number of pyridine rings is 1. The zero-order valence-corrected chi connectivity index (χ0v) is 10.4. The highest BCUT2D eigenvalue weighted by molar-refractivity contribution is 5.28. The predicted octanol–water partition coefficient (Wildman–Crippen LogP) is 3.31. The molecule has 3 heteroatoms. The molecule has 0 fully saturated rings. The van der Waals surface area contributed by atoms with Crippen LogP contribution in [0.25, 0.3) is 0 Å². The Labute approximate surface area is 107 Å². The van der Waals surface area contributed by atoms with E-state index in [1.54, 1.807) is 12.3 Å². The molecular weight excluding hydrogens is 227 g/mol. The molecule has 1 N–H and O–H groups in total. The molecule has 1 aromatic heterocycles. The van der Waals surface area contributed by atoms with Crippen molar-refractivity contribution in [2.24, 2.45) is 0 Å². The normalized spacial score (nSPS) is 12.3. The SMILES string of the molecule is CCCNC(c1ccccc1)c1ncccc1F. The van der Waals surface area contributed by atoms with Gasteiger partial charge in [0.25, 0.3) is 0 Å². The van der Waals surface area contributed by atoms with Gasteiger partial charge in [0, 0.05) is 6.20 Å². The van der Waals surface area contributed by atoms with E-state index in [-0.39, 0.29) is 11.9 Å². The van der Waals surface area contributed by atoms with E-state index in [9.17, 15) is 4.39 Å². The number of benzene rings is 1. The summed E-state index contributed by atoms with van der Waals surface area (Å²) in [5, 5.41) is 3.34. The van der Waals surface area contributed by atoms with Crippen LogP contribution in [0.1, 0.15) is 30.6 Å². The summed E-state index contributed by atoms with van der Waals surface area (Å²) >= 11 is 0. The Morgan fingerprint density at radius 2 is 1.94 bits per heavy atom. The third-order valence-electron chi connectivity index (χ3n) is 2.79. The molecule has 2 nitrogen and oxygen atoms in total. The van der Waals surface area contributed by atoms with Gasteiger partial charge in [0.15, 0.2) is 0 Å². The molecule has 0 aliphatic carbocycles. The van der Waals surface area contributed by atoms with Crippen LogP contribution in [-0.2, 0) is 0 Å². The van der Waals surface area contributed by atoms with Crippen molar-refractivity contribution in [1.82, 2.24) is 10.3 Å². The fourth-order valence-electron chi connectivity index (χ4n) is 1.92. The van der Waals surface area contributed by atoms with E-state index >= 15 is 0 Å². The molecule has 2 rings (SSSR count). The Kier molecular flexibility index (Phi) is 4.42. The van der Waals surface area contributed by atoms with E-state index in [1.807, 2.05) is 30.3 Å². The molecule has 0 saturated carbocycles. The molecule has 0 aliphatic rings. The van der Waals surface area contributed by atoms with Gasteiger partial charge in [0.2, 0.25) is 0 Å². The topological polar surface area (TPSA) is 24.9 Å². The first-order chi connectivity index (χ1) is 8.83. The van der Waals surface area contributed by atoms with E-state index in [0.29, 0.717) is 5.69 Å². The second-order valence-corrected chi connectivity index (χ2v) is 4.17. The van der Waals surface area contributed by atoms with E-state index in [4.69, 9.17) is 0 Å². The molecule has 1 unspecified atom stereocenters.